The Labute approximate surface area is 127 Å². The van der Waals surface area contributed by atoms with Crippen molar-refractivity contribution in [3.8, 4) is 0 Å². The summed E-state index contributed by atoms with van der Waals surface area (Å²) in [5.74, 6) is 0. The third-order valence-electron chi connectivity index (χ3n) is 3.80. The summed E-state index contributed by atoms with van der Waals surface area (Å²) in [6, 6.07) is 6.65. The molecule has 0 saturated heterocycles. The summed E-state index contributed by atoms with van der Waals surface area (Å²) in [6.07, 6.45) is 12.5. The molecule has 1 aromatic carbocycles. The van der Waals surface area contributed by atoms with Gasteiger partial charge in [-0.05, 0) is 44.1 Å². The molecule has 0 radical (unpaired) electrons. The first kappa shape index (κ1) is 15.1. The van der Waals surface area contributed by atoms with Crippen LogP contribution in [0.5, 0.6) is 0 Å². The molecule has 0 saturated carbocycles. The Morgan fingerprint density at radius 1 is 1.14 bits per heavy atom. The highest BCUT2D eigenvalue weighted by atomic mass is 14.9. The minimum absolute atomic E-state index is 1.16. The van der Waals surface area contributed by atoms with E-state index in [0.29, 0.717) is 0 Å². The molecule has 0 aliphatic heterocycles. The zero-order valence-electron chi connectivity index (χ0n) is 13.4. The van der Waals surface area contributed by atoms with Gasteiger partial charge in [0.15, 0.2) is 0 Å². The first-order chi connectivity index (χ1) is 10.2. The van der Waals surface area contributed by atoms with Crippen LogP contribution in [0.1, 0.15) is 37.6 Å². The lowest BCUT2D eigenvalue weighted by atomic mass is 10.0. The van der Waals surface area contributed by atoms with Crippen LogP contribution >= 0.6 is 0 Å². The van der Waals surface area contributed by atoms with Crippen LogP contribution in [-0.2, 0) is 7.05 Å². The molecule has 2 aromatic rings. The van der Waals surface area contributed by atoms with Crippen molar-refractivity contribution in [3.05, 3.63) is 65.9 Å². The Balaban J connectivity index is 2.75. The van der Waals surface area contributed by atoms with Gasteiger partial charge >= 0.3 is 0 Å². The number of nitrogens with zero attached hydrogens (tertiary/aromatic N) is 1. The van der Waals surface area contributed by atoms with Crippen molar-refractivity contribution in [2.24, 2.45) is 7.05 Å². The predicted octanol–water partition coefficient (Wildman–Crippen LogP) is 5.83. The summed E-state index contributed by atoms with van der Waals surface area (Å²) < 4.78 is 2.21. The van der Waals surface area contributed by atoms with Crippen LogP contribution in [0.15, 0.2) is 49.1 Å². The molecule has 1 aromatic heterocycles. The van der Waals surface area contributed by atoms with Gasteiger partial charge in [0.25, 0.3) is 0 Å². The maximum absolute atomic E-state index is 3.96. The van der Waals surface area contributed by atoms with E-state index in [4.69, 9.17) is 0 Å². The number of benzene rings is 1. The van der Waals surface area contributed by atoms with Gasteiger partial charge in [-0.25, -0.2) is 0 Å². The highest BCUT2D eigenvalue weighted by Crippen LogP contribution is 2.30. The number of allylic oxidation sites excluding steroid dienone is 5. The molecular weight excluding hydrogens is 254 g/mol. The molecule has 2 rings (SSSR count). The number of fused-ring (bicyclic) bond motifs is 1. The minimum Gasteiger partial charge on any atom is -0.344 e. The highest BCUT2D eigenvalue weighted by Gasteiger charge is 2.11. The fraction of sp³-hybridized carbons (Fsp3) is 0.200. The van der Waals surface area contributed by atoms with Gasteiger partial charge in [-0.3, -0.25) is 0 Å². The molecule has 0 fully saturated rings. The molecule has 0 unspecified atom stereocenters. The summed E-state index contributed by atoms with van der Waals surface area (Å²) in [5.41, 5.74) is 6.12. The summed E-state index contributed by atoms with van der Waals surface area (Å²) in [7, 11) is 2.10. The summed E-state index contributed by atoms with van der Waals surface area (Å²) in [5, 5.41) is 1.27. The first-order valence-electron chi connectivity index (χ1n) is 7.34. The molecule has 1 heteroatoms. The second-order valence-electron chi connectivity index (χ2n) is 5.04. The molecule has 1 nitrogen and oxygen atoms in total. The van der Waals surface area contributed by atoms with E-state index < -0.39 is 0 Å². The van der Waals surface area contributed by atoms with Crippen molar-refractivity contribution in [2.75, 3.05) is 0 Å². The third kappa shape index (κ3) is 2.64. The number of aryl methyl sites for hydroxylation is 1. The molecule has 0 aliphatic rings. The minimum atomic E-state index is 1.16. The van der Waals surface area contributed by atoms with Crippen LogP contribution in [0, 0.1) is 0 Å². The van der Waals surface area contributed by atoms with Gasteiger partial charge in [-0.2, -0.15) is 0 Å². The Morgan fingerprint density at radius 3 is 2.48 bits per heavy atom. The van der Waals surface area contributed by atoms with E-state index >= 15 is 0 Å². The maximum Gasteiger partial charge on any atom is 0.0494 e. The molecular formula is C20H23N. The van der Waals surface area contributed by atoms with Crippen molar-refractivity contribution in [2.45, 2.75) is 20.8 Å². The van der Waals surface area contributed by atoms with Crippen molar-refractivity contribution in [3.63, 3.8) is 0 Å². The molecule has 1 heterocycles. The lowest BCUT2D eigenvalue weighted by molar-refractivity contribution is 0.953. The van der Waals surface area contributed by atoms with E-state index in [1.807, 2.05) is 19.9 Å². The van der Waals surface area contributed by atoms with Gasteiger partial charge in [-0.1, -0.05) is 49.1 Å². The fourth-order valence-corrected chi connectivity index (χ4v) is 2.79. The average molecular weight is 277 g/mol. The fourth-order valence-electron chi connectivity index (χ4n) is 2.79. The van der Waals surface area contributed by atoms with Crippen LogP contribution in [0.3, 0.4) is 0 Å². The van der Waals surface area contributed by atoms with Crippen molar-refractivity contribution < 1.29 is 0 Å². The number of rotatable bonds is 4. The Bertz CT molecular complexity index is 752. The van der Waals surface area contributed by atoms with Gasteiger partial charge in [0, 0.05) is 29.2 Å². The van der Waals surface area contributed by atoms with E-state index in [2.05, 4.69) is 73.7 Å². The lowest BCUT2D eigenvalue weighted by Crippen LogP contribution is -1.91. The molecule has 21 heavy (non-hydrogen) atoms. The van der Waals surface area contributed by atoms with E-state index in [0.717, 1.165) is 5.69 Å². The topological polar surface area (TPSA) is 4.93 Å². The lowest BCUT2D eigenvalue weighted by Gasteiger charge is -2.04. The van der Waals surface area contributed by atoms with E-state index in [1.165, 1.54) is 27.6 Å². The van der Waals surface area contributed by atoms with Crippen molar-refractivity contribution >= 4 is 28.6 Å². The molecule has 0 N–H and O–H groups in total. The predicted molar refractivity (Wildman–Crippen MR) is 96.2 cm³/mol. The van der Waals surface area contributed by atoms with Gasteiger partial charge in [-0.15, -0.1) is 0 Å². The zero-order chi connectivity index (χ0) is 15.4. The SMILES string of the molecule is C=Cc1c(/C=C\C)c2ccc(C(/C=C\C)=C/C)cc2n1C. The second kappa shape index (κ2) is 6.45. The maximum atomic E-state index is 3.96. The van der Waals surface area contributed by atoms with Crippen molar-refractivity contribution in [1.82, 2.24) is 4.57 Å². The standard InChI is InChI=1S/C20H23N/c1-6-10-15(8-3)16-12-13-18-17(11-7-2)19(9-4)21(5)20(18)14-16/h6-14H,4H2,1-3,5H3/b10-6-,11-7-,15-8+. The van der Waals surface area contributed by atoms with Crippen LogP contribution in [-0.4, -0.2) is 4.57 Å². The smallest absolute Gasteiger partial charge is 0.0494 e. The van der Waals surface area contributed by atoms with Crippen molar-refractivity contribution in [1.29, 1.82) is 0 Å². The van der Waals surface area contributed by atoms with E-state index in [-0.39, 0.29) is 0 Å². The van der Waals surface area contributed by atoms with Crippen LogP contribution in [0.4, 0.5) is 0 Å². The molecule has 0 spiro atoms. The first-order valence-corrected chi connectivity index (χ1v) is 7.34. The molecule has 108 valence electrons. The molecule has 0 amide bonds. The Hall–Kier alpha value is -2.28. The van der Waals surface area contributed by atoms with E-state index in [1.54, 1.807) is 0 Å². The summed E-state index contributed by atoms with van der Waals surface area (Å²) in [4.78, 5) is 0. The molecule has 0 bridgehead atoms. The zero-order valence-corrected chi connectivity index (χ0v) is 13.4. The van der Waals surface area contributed by atoms with Crippen LogP contribution in [0.25, 0.3) is 28.6 Å². The Morgan fingerprint density at radius 2 is 1.90 bits per heavy atom. The van der Waals surface area contributed by atoms with Gasteiger partial charge in [0.2, 0.25) is 0 Å². The number of aromatic nitrogens is 1. The highest BCUT2D eigenvalue weighted by molar-refractivity contribution is 5.96. The van der Waals surface area contributed by atoms with Gasteiger partial charge in [0.1, 0.15) is 0 Å². The van der Waals surface area contributed by atoms with Crippen LogP contribution in [0.2, 0.25) is 0 Å². The average Bonchev–Trinajstić information content (AvgIpc) is 2.77. The summed E-state index contributed by atoms with van der Waals surface area (Å²) in [6.45, 7) is 10.1. The number of hydrogen-bond acceptors (Lipinski definition) is 0. The largest absolute Gasteiger partial charge is 0.344 e. The quantitative estimate of drug-likeness (QED) is 0.619. The van der Waals surface area contributed by atoms with Gasteiger partial charge in [0.05, 0.1) is 0 Å². The summed E-state index contributed by atoms with van der Waals surface area (Å²) >= 11 is 0. The second-order valence-corrected chi connectivity index (χ2v) is 5.04. The molecule has 0 atom stereocenters. The van der Waals surface area contributed by atoms with E-state index in [9.17, 15) is 0 Å². The Kier molecular flexibility index (Phi) is 4.64. The number of hydrogen-bond donors (Lipinski definition) is 0. The van der Waals surface area contributed by atoms with Crippen LogP contribution < -0.4 is 0 Å². The van der Waals surface area contributed by atoms with Gasteiger partial charge < -0.3 is 4.57 Å². The monoisotopic (exact) mass is 277 g/mol. The normalized spacial score (nSPS) is 12.9. The molecule has 0 aliphatic carbocycles. The third-order valence-corrected chi connectivity index (χ3v) is 3.80.